The fourth-order valence-corrected chi connectivity index (χ4v) is 3.71. The molecule has 2 aliphatic heterocycles. The fourth-order valence-electron chi connectivity index (χ4n) is 3.48. The highest BCUT2D eigenvalue weighted by atomic mass is 35.5. The van der Waals surface area contributed by atoms with Crippen LogP contribution in [0.15, 0.2) is 12.3 Å². The molecule has 28 heavy (non-hydrogen) atoms. The van der Waals surface area contributed by atoms with Crippen molar-refractivity contribution in [3.05, 3.63) is 22.8 Å². The Hall–Kier alpha value is -1.58. The summed E-state index contributed by atoms with van der Waals surface area (Å²) in [6.07, 6.45) is -1.27. The van der Waals surface area contributed by atoms with Crippen molar-refractivity contribution in [1.29, 1.82) is 0 Å². The van der Waals surface area contributed by atoms with E-state index in [2.05, 4.69) is 10.3 Å². The molecule has 0 aromatic carbocycles. The standard InChI is InChI=1S/C18H24ClF3N4O2/c19-15-9-14(17(27)26-5-7-28-8-6-26)11-24-16(15)23-10-13-1-3-25(4-2-13)12-18(20,21)22/h9,11,13H,1-8,10,12H2,(H,23,24). The molecule has 1 aromatic heterocycles. The lowest BCUT2D eigenvalue weighted by atomic mass is 9.97. The summed E-state index contributed by atoms with van der Waals surface area (Å²) in [7, 11) is 0. The van der Waals surface area contributed by atoms with Gasteiger partial charge in [-0.25, -0.2) is 4.98 Å². The van der Waals surface area contributed by atoms with Crippen molar-refractivity contribution in [2.24, 2.45) is 5.92 Å². The molecule has 2 saturated heterocycles. The summed E-state index contributed by atoms with van der Waals surface area (Å²) in [4.78, 5) is 19.9. The first-order valence-corrected chi connectivity index (χ1v) is 9.75. The van der Waals surface area contributed by atoms with E-state index in [1.807, 2.05) is 0 Å². The Morgan fingerprint density at radius 3 is 2.54 bits per heavy atom. The normalized spacial score (nSPS) is 19.6. The third kappa shape index (κ3) is 5.96. The van der Waals surface area contributed by atoms with E-state index < -0.39 is 12.7 Å². The van der Waals surface area contributed by atoms with Gasteiger partial charge in [0.25, 0.3) is 5.91 Å². The second-order valence-electron chi connectivity index (χ2n) is 7.17. The Labute approximate surface area is 167 Å². The average molecular weight is 421 g/mol. The Balaban J connectivity index is 1.48. The van der Waals surface area contributed by atoms with Gasteiger partial charge >= 0.3 is 6.18 Å². The molecule has 156 valence electrons. The van der Waals surface area contributed by atoms with Crippen LogP contribution in [0.25, 0.3) is 0 Å². The van der Waals surface area contributed by atoms with Gasteiger partial charge in [0.15, 0.2) is 0 Å². The number of amides is 1. The second-order valence-corrected chi connectivity index (χ2v) is 7.58. The zero-order valence-corrected chi connectivity index (χ0v) is 16.2. The number of hydrogen-bond donors (Lipinski definition) is 1. The number of carbonyl (C=O) groups excluding carboxylic acids is 1. The van der Waals surface area contributed by atoms with Gasteiger partial charge in [0.2, 0.25) is 0 Å². The topological polar surface area (TPSA) is 57.7 Å². The number of aromatic nitrogens is 1. The van der Waals surface area contributed by atoms with E-state index in [1.165, 1.54) is 11.1 Å². The van der Waals surface area contributed by atoms with Crippen LogP contribution in [0.3, 0.4) is 0 Å². The van der Waals surface area contributed by atoms with E-state index in [4.69, 9.17) is 16.3 Å². The number of ether oxygens (including phenoxy) is 1. The summed E-state index contributed by atoms with van der Waals surface area (Å²) >= 11 is 6.27. The Kier molecular flexibility index (Phi) is 7.00. The lowest BCUT2D eigenvalue weighted by molar-refractivity contribution is -0.148. The van der Waals surface area contributed by atoms with Crippen molar-refractivity contribution >= 4 is 23.3 Å². The first kappa shape index (κ1) is 21.1. The second kappa shape index (κ2) is 9.28. The van der Waals surface area contributed by atoms with Crippen LogP contribution in [-0.2, 0) is 4.74 Å². The lowest BCUT2D eigenvalue weighted by Crippen LogP contribution is -2.41. The predicted molar refractivity (Wildman–Crippen MR) is 99.7 cm³/mol. The number of likely N-dealkylation sites (tertiary alicyclic amines) is 1. The molecule has 3 rings (SSSR count). The van der Waals surface area contributed by atoms with Crippen molar-refractivity contribution in [3.63, 3.8) is 0 Å². The van der Waals surface area contributed by atoms with Crippen LogP contribution >= 0.6 is 11.6 Å². The van der Waals surface area contributed by atoms with Gasteiger partial charge in [-0.1, -0.05) is 11.6 Å². The molecule has 1 amide bonds. The maximum atomic E-state index is 12.5. The molecule has 0 radical (unpaired) electrons. The van der Waals surface area contributed by atoms with Gasteiger partial charge in [0, 0.05) is 25.8 Å². The Bertz CT molecular complexity index is 675. The van der Waals surface area contributed by atoms with Crippen LogP contribution in [0.2, 0.25) is 5.02 Å². The number of halogens is 4. The molecule has 10 heteroatoms. The van der Waals surface area contributed by atoms with Gasteiger partial charge in [-0.05, 0) is 37.9 Å². The third-order valence-electron chi connectivity index (χ3n) is 5.05. The highest BCUT2D eigenvalue weighted by Gasteiger charge is 2.32. The van der Waals surface area contributed by atoms with E-state index in [0.717, 1.165) is 0 Å². The highest BCUT2D eigenvalue weighted by molar-refractivity contribution is 6.33. The number of hydrogen-bond acceptors (Lipinski definition) is 5. The third-order valence-corrected chi connectivity index (χ3v) is 5.34. The number of carbonyl (C=O) groups is 1. The summed E-state index contributed by atoms with van der Waals surface area (Å²) in [6, 6.07) is 1.60. The Morgan fingerprint density at radius 2 is 1.93 bits per heavy atom. The van der Waals surface area contributed by atoms with Gasteiger partial charge in [0.1, 0.15) is 5.82 Å². The van der Waals surface area contributed by atoms with Crippen LogP contribution in [-0.4, -0.2) is 79.3 Å². The van der Waals surface area contributed by atoms with E-state index in [1.54, 1.807) is 11.0 Å². The number of nitrogens with zero attached hydrogens (tertiary/aromatic N) is 3. The van der Waals surface area contributed by atoms with E-state index >= 15 is 0 Å². The molecule has 0 bridgehead atoms. The van der Waals surface area contributed by atoms with Gasteiger partial charge in [-0.3, -0.25) is 9.69 Å². The summed E-state index contributed by atoms with van der Waals surface area (Å²) in [5.41, 5.74) is 0.429. The van der Waals surface area contributed by atoms with Gasteiger partial charge in [-0.15, -0.1) is 0 Å². The maximum Gasteiger partial charge on any atom is 0.401 e. The number of anilines is 1. The average Bonchev–Trinajstić information content (AvgIpc) is 2.67. The van der Waals surface area contributed by atoms with Crippen molar-refractivity contribution < 1.29 is 22.7 Å². The number of nitrogens with one attached hydrogen (secondary N) is 1. The van der Waals surface area contributed by atoms with Crippen molar-refractivity contribution in [2.45, 2.75) is 19.0 Å². The number of pyridine rings is 1. The quantitative estimate of drug-likeness (QED) is 0.793. The van der Waals surface area contributed by atoms with Crippen LogP contribution in [0.4, 0.5) is 19.0 Å². The number of morpholine rings is 1. The largest absolute Gasteiger partial charge is 0.401 e. The smallest absolute Gasteiger partial charge is 0.378 e. The Morgan fingerprint density at radius 1 is 1.25 bits per heavy atom. The van der Waals surface area contributed by atoms with Crippen LogP contribution in [0.5, 0.6) is 0 Å². The number of rotatable bonds is 5. The first-order chi connectivity index (χ1) is 13.3. The zero-order valence-electron chi connectivity index (χ0n) is 15.5. The van der Waals surface area contributed by atoms with Crippen molar-refractivity contribution in [3.8, 4) is 0 Å². The molecule has 0 atom stereocenters. The summed E-state index contributed by atoms with van der Waals surface area (Å²) in [5, 5.41) is 3.52. The molecule has 2 fully saturated rings. The molecule has 0 unspecified atom stereocenters. The SMILES string of the molecule is O=C(c1cnc(NCC2CCN(CC(F)(F)F)CC2)c(Cl)c1)N1CCOCC1. The molecular formula is C18H24ClF3N4O2. The maximum absolute atomic E-state index is 12.5. The summed E-state index contributed by atoms with van der Waals surface area (Å²) < 4.78 is 42.6. The monoisotopic (exact) mass is 420 g/mol. The molecule has 1 aromatic rings. The van der Waals surface area contributed by atoms with Crippen LogP contribution in [0, 0.1) is 5.92 Å². The van der Waals surface area contributed by atoms with Crippen LogP contribution < -0.4 is 5.32 Å². The molecule has 6 nitrogen and oxygen atoms in total. The van der Waals surface area contributed by atoms with Crippen LogP contribution in [0.1, 0.15) is 23.2 Å². The molecule has 2 aliphatic rings. The minimum atomic E-state index is -4.15. The minimum Gasteiger partial charge on any atom is -0.378 e. The number of alkyl halides is 3. The molecule has 0 spiro atoms. The molecule has 3 heterocycles. The van der Waals surface area contributed by atoms with Gasteiger partial charge in [0.05, 0.1) is 30.3 Å². The first-order valence-electron chi connectivity index (χ1n) is 9.37. The van der Waals surface area contributed by atoms with E-state index in [9.17, 15) is 18.0 Å². The molecule has 0 aliphatic carbocycles. The zero-order chi connectivity index (χ0) is 20.1. The van der Waals surface area contributed by atoms with E-state index in [0.29, 0.717) is 75.2 Å². The number of piperidine rings is 1. The fraction of sp³-hybridized carbons (Fsp3) is 0.667. The predicted octanol–water partition coefficient (Wildman–Crippen LogP) is 2.89. The lowest BCUT2D eigenvalue weighted by Gasteiger charge is -2.32. The van der Waals surface area contributed by atoms with Gasteiger partial charge < -0.3 is 15.0 Å². The molecule has 1 N–H and O–H groups in total. The van der Waals surface area contributed by atoms with E-state index in [-0.39, 0.29) is 11.8 Å². The molecular weight excluding hydrogens is 397 g/mol. The highest BCUT2D eigenvalue weighted by Crippen LogP contribution is 2.25. The van der Waals surface area contributed by atoms with Gasteiger partial charge in [-0.2, -0.15) is 13.2 Å². The van der Waals surface area contributed by atoms with Crippen molar-refractivity contribution in [2.75, 3.05) is 57.8 Å². The molecule has 0 saturated carbocycles. The summed E-state index contributed by atoms with van der Waals surface area (Å²) in [5.74, 6) is 0.621. The minimum absolute atomic E-state index is 0.124. The van der Waals surface area contributed by atoms with Crippen molar-refractivity contribution in [1.82, 2.24) is 14.8 Å². The summed E-state index contributed by atoms with van der Waals surface area (Å²) in [6.45, 7) is 2.73.